The number of nitrogens with zero attached hydrogens (tertiary/aromatic N) is 3. The lowest BCUT2D eigenvalue weighted by molar-refractivity contribution is 0.329. The molecule has 0 aliphatic heterocycles. The first kappa shape index (κ1) is 18.0. The van der Waals surface area contributed by atoms with Gasteiger partial charge in [-0.05, 0) is 63.2 Å². The van der Waals surface area contributed by atoms with Crippen molar-refractivity contribution in [3.63, 3.8) is 0 Å². The van der Waals surface area contributed by atoms with Gasteiger partial charge in [-0.2, -0.15) is 4.98 Å². The van der Waals surface area contributed by atoms with Crippen LogP contribution in [-0.4, -0.2) is 28.3 Å². The second kappa shape index (κ2) is 7.68. The van der Waals surface area contributed by atoms with Crippen LogP contribution < -0.4 is 9.47 Å². The van der Waals surface area contributed by atoms with Gasteiger partial charge in [-0.1, -0.05) is 16.8 Å². The molecular weight excluding hydrogens is 354 g/mol. The first-order chi connectivity index (χ1) is 13.7. The highest BCUT2D eigenvalue weighted by Crippen LogP contribution is 2.32. The van der Waals surface area contributed by atoms with Crippen LogP contribution in [0.1, 0.15) is 19.4 Å². The van der Waals surface area contributed by atoms with Crippen molar-refractivity contribution >= 4 is 10.9 Å². The molecule has 2 heterocycles. The Labute approximate surface area is 163 Å². The predicted octanol–water partition coefficient (Wildman–Crippen LogP) is 5.06. The Balaban J connectivity index is 1.74. The summed E-state index contributed by atoms with van der Waals surface area (Å²) in [5, 5.41) is 5.16. The second-order valence-corrected chi connectivity index (χ2v) is 6.35. The zero-order chi connectivity index (χ0) is 19.5. The number of aryl methyl sites for hydroxylation is 1. The highest BCUT2D eigenvalue weighted by molar-refractivity contribution is 5.85. The number of hydrogen-bond donors (Lipinski definition) is 0. The molecule has 28 heavy (non-hydrogen) atoms. The van der Waals surface area contributed by atoms with E-state index in [-0.39, 0.29) is 0 Å². The summed E-state index contributed by atoms with van der Waals surface area (Å²) in [5.74, 6) is 2.18. The Kier molecular flexibility index (Phi) is 4.93. The van der Waals surface area contributed by atoms with Crippen LogP contribution in [0, 0.1) is 6.92 Å². The highest BCUT2D eigenvalue weighted by Gasteiger charge is 2.17. The predicted molar refractivity (Wildman–Crippen MR) is 108 cm³/mol. The van der Waals surface area contributed by atoms with Crippen LogP contribution in [0.25, 0.3) is 33.7 Å². The van der Waals surface area contributed by atoms with Gasteiger partial charge in [0, 0.05) is 10.9 Å². The summed E-state index contributed by atoms with van der Waals surface area (Å²) >= 11 is 0. The fraction of sp³-hybridized carbons (Fsp3) is 0.227. The number of fused-ring (bicyclic) bond motifs is 1. The van der Waals surface area contributed by atoms with Crippen LogP contribution in [0.2, 0.25) is 0 Å². The van der Waals surface area contributed by atoms with Gasteiger partial charge in [0.1, 0.15) is 5.75 Å². The summed E-state index contributed by atoms with van der Waals surface area (Å²) in [5.41, 5.74) is 3.56. The number of rotatable bonds is 6. The quantitative estimate of drug-likeness (QED) is 0.469. The van der Waals surface area contributed by atoms with E-state index in [1.807, 2.05) is 63.2 Å². The van der Waals surface area contributed by atoms with Gasteiger partial charge in [-0.3, -0.25) is 0 Å². The molecule has 0 saturated heterocycles. The maximum Gasteiger partial charge on any atom is 0.258 e. The first-order valence-corrected chi connectivity index (χ1v) is 9.29. The average Bonchev–Trinajstić information content (AvgIpc) is 3.19. The molecule has 4 rings (SSSR count). The maximum absolute atomic E-state index is 5.74. The molecule has 6 heteroatoms. The topological polar surface area (TPSA) is 70.3 Å². The van der Waals surface area contributed by atoms with Gasteiger partial charge in [0.05, 0.1) is 24.3 Å². The third-order valence-electron chi connectivity index (χ3n) is 4.30. The van der Waals surface area contributed by atoms with Crippen molar-refractivity contribution < 1.29 is 14.0 Å². The Bertz CT molecular complexity index is 1100. The molecule has 4 aromatic rings. The molecule has 0 bridgehead atoms. The van der Waals surface area contributed by atoms with E-state index >= 15 is 0 Å². The van der Waals surface area contributed by atoms with E-state index in [1.54, 1.807) is 0 Å². The second-order valence-electron chi connectivity index (χ2n) is 6.35. The van der Waals surface area contributed by atoms with Gasteiger partial charge >= 0.3 is 0 Å². The fourth-order valence-corrected chi connectivity index (χ4v) is 3.00. The Morgan fingerprint density at radius 1 is 0.893 bits per heavy atom. The maximum atomic E-state index is 5.74. The molecular formula is C22H21N3O3. The summed E-state index contributed by atoms with van der Waals surface area (Å²) in [4.78, 5) is 9.20. The van der Waals surface area contributed by atoms with Crippen molar-refractivity contribution in [2.75, 3.05) is 13.2 Å². The molecule has 0 amide bonds. The molecule has 0 N–H and O–H groups in total. The number of ether oxygens (including phenoxy) is 2. The van der Waals surface area contributed by atoms with Crippen LogP contribution in [0.3, 0.4) is 0 Å². The molecule has 2 aromatic carbocycles. The number of pyridine rings is 1. The molecule has 0 unspecified atom stereocenters. The van der Waals surface area contributed by atoms with E-state index in [0.717, 1.165) is 27.8 Å². The Hall–Kier alpha value is -3.41. The zero-order valence-electron chi connectivity index (χ0n) is 16.1. The van der Waals surface area contributed by atoms with Gasteiger partial charge in [0.2, 0.25) is 11.7 Å². The van der Waals surface area contributed by atoms with E-state index in [2.05, 4.69) is 21.2 Å². The standard InChI is InChI=1S/C22H21N3O3/c1-4-26-17-9-7-15(8-10-17)21-24-20(25-28-21)18-13-16-12-14(3)6-11-19(16)23-22(18)27-5-2/h6-13H,4-5H2,1-3H3. The largest absolute Gasteiger partial charge is 0.494 e. The van der Waals surface area contributed by atoms with E-state index in [0.29, 0.717) is 36.4 Å². The van der Waals surface area contributed by atoms with Crippen LogP contribution in [-0.2, 0) is 0 Å². The molecule has 0 atom stereocenters. The summed E-state index contributed by atoms with van der Waals surface area (Å²) in [6.07, 6.45) is 0. The van der Waals surface area contributed by atoms with Gasteiger partial charge in [-0.25, -0.2) is 4.98 Å². The minimum absolute atomic E-state index is 0.435. The number of aromatic nitrogens is 3. The highest BCUT2D eigenvalue weighted by atomic mass is 16.5. The molecule has 0 fully saturated rings. The third kappa shape index (κ3) is 3.53. The Morgan fingerprint density at radius 2 is 1.68 bits per heavy atom. The lowest BCUT2D eigenvalue weighted by Gasteiger charge is -2.08. The smallest absolute Gasteiger partial charge is 0.258 e. The van der Waals surface area contributed by atoms with Crippen LogP contribution in [0.15, 0.2) is 53.1 Å². The van der Waals surface area contributed by atoms with Crippen LogP contribution in [0.5, 0.6) is 11.6 Å². The zero-order valence-corrected chi connectivity index (χ0v) is 16.1. The lowest BCUT2D eigenvalue weighted by Crippen LogP contribution is -1.98. The number of benzene rings is 2. The van der Waals surface area contributed by atoms with Crippen LogP contribution >= 0.6 is 0 Å². The summed E-state index contributed by atoms with van der Waals surface area (Å²) in [6.45, 7) is 7.05. The van der Waals surface area contributed by atoms with E-state index in [9.17, 15) is 0 Å². The summed E-state index contributed by atoms with van der Waals surface area (Å²) in [7, 11) is 0. The van der Waals surface area contributed by atoms with Crippen molar-refractivity contribution in [2.24, 2.45) is 0 Å². The van der Waals surface area contributed by atoms with Crippen molar-refractivity contribution in [1.29, 1.82) is 0 Å². The van der Waals surface area contributed by atoms with Gasteiger partial charge in [-0.15, -0.1) is 0 Å². The van der Waals surface area contributed by atoms with Crippen molar-refractivity contribution in [3.05, 3.63) is 54.1 Å². The molecule has 142 valence electrons. The molecule has 0 aliphatic rings. The Morgan fingerprint density at radius 3 is 2.43 bits per heavy atom. The summed E-state index contributed by atoms with van der Waals surface area (Å²) < 4.78 is 16.7. The monoisotopic (exact) mass is 375 g/mol. The van der Waals surface area contributed by atoms with Crippen molar-refractivity contribution in [1.82, 2.24) is 15.1 Å². The minimum atomic E-state index is 0.435. The molecule has 0 aliphatic carbocycles. The normalized spacial score (nSPS) is 11.0. The minimum Gasteiger partial charge on any atom is -0.494 e. The third-order valence-corrected chi connectivity index (χ3v) is 4.30. The van der Waals surface area contributed by atoms with Crippen LogP contribution in [0.4, 0.5) is 0 Å². The lowest BCUT2D eigenvalue weighted by atomic mass is 10.1. The fourth-order valence-electron chi connectivity index (χ4n) is 3.00. The van der Waals surface area contributed by atoms with E-state index < -0.39 is 0 Å². The van der Waals surface area contributed by atoms with E-state index in [1.165, 1.54) is 0 Å². The average molecular weight is 375 g/mol. The first-order valence-electron chi connectivity index (χ1n) is 9.29. The number of hydrogen-bond acceptors (Lipinski definition) is 6. The molecule has 0 radical (unpaired) electrons. The van der Waals surface area contributed by atoms with Crippen molar-refractivity contribution in [2.45, 2.75) is 20.8 Å². The SMILES string of the molecule is CCOc1ccc(-c2nc(-c3cc4cc(C)ccc4nc3OCC)no2)cc1. The van der Waals surface area contributed by atoms with Gasteiger partial charge in [0.25, 0.3) is 5.89 Å². The molecule has 0 spiro atoms. The van der Waals surface area contributed by atoms with E-state index in [4.69, 9.17) is 14.0 Å². The van der Waals surface area contributed by atoms with Gasteiger partial charge in [0.15, 0.2) is 0 Å². The van der Waals surface area contributed by atoms with Crippen molar-refractivity contribution in [3.8, 4) is 34.5 Å². The molecule has 6 nitrogen and oxygen atoms in total. The van der Waals surface area contributed by atoms with Gasteiger partial charge < -0.3 is 14.0 Å². The molecule has 2 aromatic heterocycles. The summed E-state index contributed by atoms with van der Waals surface area (Å²) in [6, 6.07) is 15.6. The molecule has 0 saturated carbocycles.